The average molecular weight is 322 g/mol. The summed E-state index contributed by atoms with van der Waals surface area (Å²) in [5.74, 6) is 0.443. The number of amides is 2. The van der Waals surface area contributed by atoms with Crippen molar-refractivity contribution in [3.8, 4) is 0 Å². The van der Waals surface area contributed by atoms with Gasteiger partial charge in [0.2, 0.25) is 5.91 Å². The Kier molecular flexibility index (Phi) is 4.61. The predicted molar refractivity (Wildman–Crippen MR) is 85.6 cm³/mol. The van der Waals surface area contributed by atoms with Crippen molar-refractivity contribution in [1.29, 1.82) is 0 Å². The zero-order valence-corrected chi connectivity index (χ0v) is 13.4. The van der Waals surface area contributed by atoms with Crippen LogP contribution < -0.4 is 11.1 Å². The molecular formula is C15H22N4O2S. The number of nitrogens with zero attached hydrogens (tertiary/aromatic N) is 2. The Balaban J connectivity index is 1.47. The summed E-state index contributed by atoms with van der Waals surface area (Å²) in [5.41, 5.74) is 5.54. The number of nitrogens with two attached hydrogens (primary N) is 1. The zero-order valence-electron chi connectivity index (χ0n) is 12.6. The van der Waals surface area contributed by atoms with Gasteiger partial charge in [-0.3, -0.25) is 9.59 Å². The van der Waals surface area contributed by atoms with Crippen LogP contribution in [0.5, 0.6) is 0 Å². The van der Waals surface area contributed by atoms with Crippen LogP contribution in [0.3, 0.4) is 0 Å². The molecule has 1 saturated heterocycles. The third-order valence-corrected chi connectivity index (χ3v) is 5.42. The molecule has 7 heteroatoms. The maximum absolute atomic E-state index is 12.4. The highest BCUT2D eigenvalue weighted by Crippen LogP contribution is 2.27. The minimum absolute atomic E-state index is 0.116. The maximum Gasteiger partial charge on any atom is 0.263 e. The van der Waals surface area contributed by atoms with Gasteiger partial charge in [-0.25, -0.2) is 4.98 Å². The average Bonchev–Trinajstić information content (AvgIpc) is 3.18. The minimum Gasteiger partial charge on any atom is -0.375 e. The van der Waals surface area contributed by atoms with Crippen LogP contribution in [-0.2, 0) is 4.79 Å². The first kappa shape index (κ1) is 15.3. The van der Waals surface area contributed by atoms with Crippen molar-refractivity contribution in [3.05, 3.63) is 11.1 Å². The molecule has 0 aromatic carbocycles. The van der Waals surface area contributed by atoms with E-state index < -0.39 is 0 Å². The van der Waals surface area contributed by atoms with Gasteiger partial charge in [0.15, 0.2) is 5.13 Å². The molecule has 2 heterocycles. The summed E-state index contributed by atoms with van der Waals surface area (Å²) in [6, 6.07) is 0.128. The number of anilines is 1. The summed E-state index contributed by atoms with van der Waals surface area (Å²) >= 11 is 1.20. The number of likely N-dealkylation sites (tertiary alicyclic amines) is 1. The van der Waals surface area contributed by atoms with E-state index in [4.69, 9.17) is 5.73 Å². The molecule has 2 amide bonds. The molecule has 22 heavy (non-hydrogen) atoms. The lowest BCUT2D eigenvalue weighted by atomic mass is 10.0. The highest BCUT2D eigenvalue weighted by Gasteiger charge is 2.30. The molecule has 1 aliphatic carbocycles. The van der Waals surface area contributed by atoms with Gasteiger partial charge in [-0.1, -0.05) is 24.2 Å². The van der Waals surface area contributed by atoms with Crippen LogP contribution in [0.2, 0.25) is 0 Å². The Labute approximate surface area is 134 Å². The second-order valence-corrected chi connectivity index (χ2v) is 7.18. The second-order valence-electron chi connectivity index (χ2n) is 6.12. The summed E-state index contributed by atoms with van der Waals surface area (Å²) < 4.78 is 0. The molecular weight excluding hydrogens is 300 g/mol. The van der Waals surface area contributed by atoms with E-state index in [0.29, 0.717) is 15.9 Å². The van der Waals surface area contributed by atoms with E-state index in [1.54, 1.807) is 0 Å². The van der Waals surface area contributed by atoms with Crippen LogP contribution in [0.4, 0.5) is 5.13 Å². The molecule has 2 fully saturated rings. The third kappa shape index (κ3) is 3.40. The molecule has 3 N–H and O–H groups in total. The summed E-state index contributed by atoms with van der Waals surface area (Å²) in [6.07, 6.45) is 7.59. The molecule has 1 aromatic rings. The Morgan fingerprint density at radius 1 is 1.23 bits per heavy atom. The second kappa shape index (κ2) is 6.64. The van der Waals surface area contributed by atoms with Gasteiger partial charge in [0.1, 0.15) is 4.88 Å². The number of piperidine rings is 1. The molecule has 0 spiro atoms. The summed E-state index contributed by atoms with van der Waals surface area (Å²) in [6.45, 7) is 1.48. The largest absolute Gasteiger partial charge is 0.375 e. The molecule has 0 bridgehead atoms. The van der Waals surface area contributed by atoms with E-state index >= 15 is 0 Å². The first-order valence-corrected chi connectivity index (χ1v) is 8.76. The lowest BCUT2D eigenvalue weighted by Crippen LogP contribution is -2.47. The Hall–Kier alpha value is -1.63. The number of nitrogen functional groups attached to an aromatic ring is 1. The van der Waals surface area contributed by atoms with Gasteiger partial charge in [0.25, 0.3) is 5.91 Å². The lowest BCUT2D eigenvalue weighted by molar-refractivity contribution is -0.136. The fourth-order valence-electron chi connectivity index (χ4n) is 3.32. The molecule has 1 aromatic heterocycles. The number of carbonyl (C=O) groups is 2. The molecule has 1 aliphatic heterocycles. The predicted octanol–water partition coefficient (Wildman–Crippen LogP) is 1.64. The minimum atomic E-state index is -0.116. The maximum atomic E-state index is 12.4. The molecule has 3 rings (SSSR count). The topological polar surface area (TPSA) is 88.3 Å². The zero-order chi connectivity index (χ0) is 15.5. The van der Waals surface area contributed by atoms with Crippen molar-refractivity contribution in [3.63, 3.8) is 0 Å². The highest BCUT2D eigenvalue weighted by molar-refractivity contribution is 7.17. The van der Waals surface area contributed by atoms with Gasteiger partial charge in [-0.05, 0) is 25.7 Å². The number of thiazole rings is 1. The normalized spacial score (nSPS) is 20.3. The number of hydrogen-bond donors (Lipinski definition) is 2. The van der Waals surface area contributed by atoms with Gasteiger partial charge in [0, 0.05) is 25.0 Å². The van der Waals surface area contributed by atoms with E-state index in [1.807, 2.05) is 4.90 Å². The van der Waals surface area contributed by atoms with Gasteiger partial charge in [-0.15, -0.1) is 0 Å². The molecule has 0 unspecified atom stereocenters. The van der Waals surface area contributed by atoms with E-state index in [0.717, 1.165) is 38.8 Å². The van der Waals surface area contributed by atoms with Crippen molar-refractivity contribution >= 4 is 28.3 Å². The van der Waals surface area contributed by atoms with Crippen LogP contribution in [0, 0.1) is 5.92 Å². The standard InChI is InChI=1S/C15H22N4O2S/c16-15-17-9-12(22-15)13(20)18-11-5-7-19(8-6-11)14(21)10-3-1-2-4-10/h9-11H,1-8H2,(H2,16,17)(H,18,20). The van der Waals surface area contributed by atoms with Crippen molar-refractivity contribution in [1.82, 2.24) is 15.2 Å². The van der Waals surface area contributed by atoms with Gasteiger partial charge >= 0.3 is 0 Å². The summed E-state index contributed by atoms with van der Waals surface area (Å²) in [4.78, 5) is 30.9. The van der Waals surface area contributed by atoms with Gasteiger partial charge in [-0.2, -0.15) is 0 Å². The van der Waals surface area contributed by atoms with Crippen LogP contribution in [0.1, 0.15) is 48.2 Å². The Morgan fingerprint density at radius 2 is 1.91 bits per heavy atom. The van der Waals surface area contributed by atoms with Gasteiger partial charge < -0.3 is 16.0 Å². The molecule has 120 valence electrons. The molecule has 0 atom stereocenters. The highest BCUT2D eigenvalue weighted by atomic mass is 32.1. The molecule has 6 nitrogen and oxygen atoms in total. The first-order chi connectivity index (χ1) is 10.6. The molecule has 1 saturated carbocycles. The van der Waals surface area contributed by atoms with Crippen LogP contribution >= 0.6 is 11.3 Å². The SMILES string of the molecule is Nc1ncc(C(=O)NC2CCN(C(=O)C3CCCC3)CC2)s1. The Morgan fingerprint density at radius 3 is 2.50 bits per heavy atom. The van der Waals surface area contributed by atoms with E-state index in [1.165, 1.54) is 30.4 Å². The van der Waals surface area contributed by atoms with Crippen LogP contribution in [-0.4, -0.2) is 40.8 Å². The quantitative estimate of drug-likeness (QED) is 0.885. The fourth-order valence-corrected chi connectivity index (χ4v) is 3.91. The van der Waals surface area contributed by atoms with Crippen LogP contribution in [0.25, 0.3) is 0 Å². The summed E-state index contributed by atoms with van der Waals surface area (Å²) in [5, 5.41) is 3.42. The van der Waals surface area contributed by atoms with Crippen molar-refractivity contribution in [2.75, 3.05) is 18.8 Å². The summed E-state index contributed by atoms with van der Waals surface area (Å²) in [7, 11) is 0. The number of aromatic nitrogens is 1. The van der Waals surface area contributed by atoms with E-state index in [-0.39, 0.29) is 17.9 Å². The number of carbonyl (C=O) groups excluding carboxylic acids is 2. The van der Waals surface area contributed by atoms with Crippen molar-refractivity contribution in [2.45, 2.75) is 44.6 Å². The monoisotopic (exact) mass is 322 g/mol. The van der Waals surface area contributed by atoms with Crippen molar-refractivity contribution in [2.24, 2.45) is 5.92 Å². The molecule has 2 aliphatic rings. The third-order valence-electron chi connectivity index (χ3n) is 4.59. The lowest BCUT2D eigenvalue weighted by Gasteiger charge is -2.33. The van der Waals surface area contributed by atoms with E-state index in [9.17, 15) is 9.59 Å². The van der Waals surface area contributed by atoms with E-state index in [2.05, 4.69) is 10.3 Å². The number of nitrogens with one attached hydrogen (secondary N) is 1. The van der Waals surface area contributed by atoms with Crippen molar-refractivity contribution < 1.29 is 9.59 Å². The number of rotatable bonds is 3. The Bertz CT molecular complexity index is 545. The fraction of sp³-hybridized carbons (Fsp3) is 0.667. The van der Waals surface area contributed by atoms with Crippen LogP contribution in [0.15, 0.2) is 6.20 Å². The first-order valence-electron chi connectivity index (χ1n) is 7.94. The smallest absolute Gasteiger partial charge is 0.263 e. The molecule has 0 radical (unpaired) electrons. The number of hydrogen-bond acceptors (Lipinski definition) is 5. The van der Waals surface area contributed by atoms with Gasteiger partial charge in [0.05, 0.1) is 6.20 Å².